The van der Waals surface area contributed by atoms with E-state index in [2.05, 4.69) is 16.9 Å². The summed E-state index contributed by atoms with van der Waals surface area (Å²) in [5, 5.41) is 0.594. The molecular formula is C18H27ClN4O. The first-order chi connectivity index (χ1) is 11.5. The highest BCUT2D eigenvalue weighted by atomic mass is 35.5. The van der Waals surface area contributed by atoms with Crippen LogP contribution in [0.25, 0.3) is 0 Å². The number of amides is 2. The third-order valence-electron chi connectivity index (χ3n) is 5.47. The maximum absolute atomic E-state index is 12.4. The van der Waals surface area contributed by atoms with Gasteiger partial charge in [0.05, 0.1) is 0 Å². The zero-order chi connectivity index (χ0) is 17.3. The van der Waals surface area contributed by atoms with Crippen LogP contribution in [0.5, 0.6) is 0 Å². The number of carbonyl (C=O) groups excluding carboxylic acids is 1. The molecule has 0 spiro atoms. The number of urea groups is 1. The Morgan fingerprint density at radius 2 is 2.00 bits per heavy atom. The fraction of sp³-hybridized carbons (Fsp3) is 0.667. The molecule has 5 nitrogen and oxygen atoms in total. The molecular weight excluding hydrogens is 324 g/mol. The van der Waals surface area contributed by atoms with Gasteiger partial charge in [-0.2, -0.15) is 0 Å². The molecule has 132 valence electrons. The maximum atomic E-state index is 12.4. The molecule has 1 aliphatic heterocycles. The molecule has 3 atom stereocenters. The zero-order valence-electron chi connectivity index (χ0n) is 14.8. The standard InChI is InChI=1S/C18H27ClN4O/c1-4-22(5-2)18(24)23-11-15-14(16(15)12-23)10-21(3)9-13-7-6-8-20-17(13)19/h6-8,14-16H,4-5,9-12H2,1-3H3/t14?,15-,16+. The van der Waals surface area contributed by atoms with Crippen LogP contribution < -0.4 is 0 Å². The van der Waals surface area contributed by atoms with E-state index in [9.17, 15) is 4.79 Å². The molecule has 0 aromatic carbocycles. The number of fused-ring (bicyclic) bond motifs is 1. The Hall–Kier alpha value is -1.33. The molecule has 6 heteroatoms. The van der Waals surface area contributed by atoms with Gasteiger partial charge >= 0.3 is 6.03 Å². The molecule has 2 fully saturated rings. The minimum atomic E-state index is 0.210. The molecule has 1 aliphatic carbocycles. The van der Waals surface area contributed by atoms with Crippen LogP contribution in [0.1, 0.15) is 19.4 Å². The molecule has 1 unspecified atom stereocenters. The minimum absolute atomic E-state index is 0.210. The number of aromatic nitrogens is 1. The number of halogens is 1. The van der Waals surface area contributed by atoms with Gasteiger partial charge in [-0.25, -0.2) is 9.78 Å². The highest BCUT2D eigenvalue weighted by Crippen LogP contribution is 2.52. The average Bonchev–Trinajstić information content (AvgIpc) is 3.01. The van der Waals surface area contributed by atoms with E-state index in [4.69, 9.17) is 11.6 Å². The second-order valence-corrected chi connectivity index (χ2v) is 7.36. The van der Waals surface area contributed by atoms with Crippen molar-refractivity contribution in [2.24, 2.45) is 17.8 Å². The van der Waals surface area contributed by atoms with Crippen LogP contribution in [0.2, 0.25) is 5.15 Å². The Bertz CT molecular complexity index is 580. The maximum Gasteiger partial charge on any atom is 0.319 e. The SMILES string of the molecule is CCN(CC)C(=O)N1C[C@@H]2C(CN(C)Cc3cccnc3Cl)[C@@H]2C1. The summed E-state index contributed by atoms with van der Waals surface area (Å²) in [6.45, 7) is 9.40. The van der Waals surface area contributed by atoms with Crippen molar-refractivity contribution in [1.29, 1.82) is 0 Å². The Labute approximate surface area is 149 Å². The Kier molecular flexibility index (Phi) is 5.30. The molecule has 0 N–H and O–H groups in total. The van der Waals surface area contributed by atoms with Gasteiger partial charge in [0, 0.05) is 51.0 Å². The van der Waals surface area contributed by atoms with Crippen LogP contribution in [-0.2, 0) is 6.54 Å². The number of piperidine rings is 1. The topological polar surface area (TPSA) is 39.7 Å². The monoisotopic (exact) mass is 350 g/mol. The first-order valence-electron chi connectivity index (χ1n) is 8.86. The zero-order valence-corrected chi connectivity index (χ0v) is 15.5. The Morgan fingerprint density at radius 1 is 1.33 bits per heavy atom. The molecule has 2 heterocycles. The number of hydrogen-bond acceptors (Lipinski definition) is 3. The van der Waals surface area contributed by atoms with Gasteiger partial charge in [-0.1, -0.05) is 17.7 Å². The third kappa shape index (κ3) is 3.52. The fourth-order valence-corrected chi connectivity index (χ4v) is 4.20. The highest BCUT2D eigenvalue weighted by Gasteiger charge is 2.56. The molecule has 1 saturated carbocycles. The van der Waals surface area contributed by atoms with Crippen molar-refractivity contribution in [2.45, 2.75) is 20.4 Å². The van der Waals surface area contributed by atoms with E-state index in [0.717, 1.165) is 44.8 Å². The van der Waals surface area contributed by atoms with Crippen molar-refractivity contribution in [1.82, 2.24) is 19.7 Å². The summed E-state index contributed by atoms with van der Waals surface area (Å²) in [5.41, 5.74) is 1.07. The van der Waals surface area contributed by atoms with Crippen molar-refractivity contribution < 1.29 is 4.79 Å². The van der Waals surface area contributed by atoms with Gasteiger partial charge in [-0.15, -0.1) is 0 Å². The van der Waals surface area contributed by atoms with Crippen LogP contribution in [0.3, 0.4) is 0 Å². The number of rotatable bonds is 6. The molecule has 0 radical (unpaired) electrons. The summed E-state index contributed by atoms with van der Waals surface area (Å²) in [7, 11) is 2.14. The number of carbonyl (C=O) groups is 1. The van der Waals surface area contributed by atoms with E-state index in [0.29, 0.717) is 22.9 Å². The van der Waals surface area contributed by atoms with Gasteiger partial charge in [-0.3, -0.25) is 0 Å². The molecule has 1 aromatic heterocycles. The first-order valence-corrected chi connectivity index (χ1v) is 9.24. The minimum Gasteiger partial charge on any atom is -0.325 e. The lowest BCUT2D eigenvalue weighted by Gasteiger charge is -2.28. The lowest BCUT2D eigenvalue weighted by Crippen LogP contribution is -2.43. The van der Waals surface area contributed by atoms with E-state index in [-0.39, 0.29) is 6.03 Å². The summed E-state index contributed by atoms with van der Waals surface area (Å²) < 4.78 is 0. The smallest absolute Gasteiger partial charge is 0.319 e. The molecule has 0 bridgehead atoms. The van der Waals surface area contributed by atoms with E-state index >= 15 is 0 Å². The number of pyridine rings is 1. The molecule has 1 aromatic rings. The van der Waals surface area contributed by atoms with Crippen molar-refractivity contribution >= 4 is 17.6 Å². The highest BCUT2D eigenvalue weighted by molar-refractivity contribution is 6.30. The van der Waals surface area contributed by atoms with E-state index in [1.807, 2.05) is 35.8 Å². The largest absolute Gasteiger partial charge is 0.325 e. The summed E-state index contributed by atoms with van der Waals surface area (Å²) >= 11 is 6.14. The van der Waals surface area contributed by atoms with Crippen LogP contribution >= 0.6 is 11.6 Å². The van der Waals surface area contributed by atoms with Crippen molar-refractivity contribution in [3.8, 4) is 0 Å². The van der Waals surface area contributed by atoms with Crippen LogP contribution in [0, 0.1) is 17.8 Å². The van der Waals surface area contributed by atoms with Gasteiger partial charge in [0.2, 0.25) is 0 Å². The van der Waals surface area contributed by atoms with Crippen molar-refractivity contribution in [2.75, 3.05) is 39.8 Å². The fourth-order valence-electron chi connectivity index (χ4n) is 4.02. The van der Waals surface area contributed by atoms with Crippen LogP contribution in [-0.4, -0.2) is 65.5 Å². The Morgan fingerprint density at radius 3 is 2.58 bits per heavy atom. The lowest BCUT2D eigenvalue weighted by atomic mass is 10.2. The normalized spacial score (nSPS) is 25.0. The van der Waals surface area contributed by atoms with E-state index in [1.165, 1.54) is 0 Å². The summed E-state index contributed by atoms with van der Waals surface area (Å²) in [6.07, 6.45) is 1.72. The van der Waals surface area contributed by atoms with Gasteiger partial charge in [-0.05, 0) is 44.7 Å². The average molecular weight is 351 g/mol. The van der Waals surface area contributed by atoms with Crippen molar-refractivity contribution in [3.63, 3.8) is 0 Å². The summed E-state index contributed by atoms with van der Waals surface area (Å²) in [5.74, 6) is 2.07. The molecule has 2 aliphatic rings. The predicted octanol–water partition coefficient (Wildman–Crippen LogP) is 2.81. The summed E-state index contributed by atoms with van der Waals surface area (Å²) in [6, 6.07) is 4.17. The lowest BCUT2D eigenvalue weighted by molar-refractivity contribution is 0.158. The van der Waals surface area contributed by atoms with E-state index < -0.39 is 0 Å². The van der Waals surface area contributed by atoms with Gasteiger partial charge in [0.1, 0.15) is 5.15 Å². The van der Waals surface area contributed by atoms with Crippen LogP contribution in [0.15, 0.2) is 18.3 Å². The number of likely N-dealkylation sites (tertiary alicyclic amines) is 1. The molecule has 2 amide bonds. The molecule has 3 rings (SSSR count). The van der Waals surface area contributed by atoms with Gasteiger partial charge in [0.15, 0.2) is 0 Å². The second kappa shape index (κ2) is 7.28. The van der Waals surface area contributed by atoms with Crippen LogP contribution in [0.4, 0.5) is 4.79 Å². The predicted molar refractivity (Wildman–Crippen MR) is 95.9 cm³/mol. The van der Waals surface area contributed by atoms with E-state index in [1.54, 1.807) is 6.20 Å². The number of hydrogen-bond donors (Lipinski definition) is 0. The third-order valence-corrected chi connectivity index (χ3v) is 5.82. The van der Waals surface area contributed by atoms with Gasteiger partial charge in [0.25, 0.3) is 0 Å². The summed E-state index contributed by atoms with van der Waals surface area (Å²) in [4.78, 5) is 22.8. The molecule has 24 heavy (non-hydrogen) atoms. The Balaban J connectivity index is 1.46. The molecule has 1 saturated heterocycles. The first kappa shape index (κ1) is 17.5. The number of nitrogens with zero attached hydrogens (tertiary/aromatic N) is 4. The van der Waals surface area contributed by atoms with Gasteiger partial charge < -0.3 is 14.7 Å². The second-order valence-electron chi connectivity index (χ2n) is 7.00. The quantitative estimate of drug-likeness (QED) is 0.741. The van der Waals surface area contributed by atoms with Crippen molar-refractivity contribution in [3.05, 3.63) is 29.0 Å².